The van der Waals surface area contributed by atoms with Crippen LogP contribution in [-0.2, 0) is 0 Å². The van der Waals surface area contributed by atoms with Crippen LogP contribution >= 0.6 is 0 Å². The molecule has 0 bridgehead atoms. The molecule has 2 aromatic rings. The van der Waals surface area contributed by atoms with Crippen molar-refractivity contribution in [3.8, 4) is 6.07 Å². The first-order valence-electron chi connectivity index (χ1n) is 6.40. The lowest BCUT2D eigenvalue weighted by atomic mass is 9.91. The Balaban J connectivity index is 2.30. The number of nitroso groups, excluding NO2 is 1. The van der Waals surface area contributed by atoms with E-state index in [9.17, 15) is 4.91 Å². The highest BCUT2D eigenvalue weighted by molar-refractivity contribution is 5.32. The maximum atomic E-state index is 10.8. The minimum Gasteiger partial charge on any atom is -0.246 e. The Morgan fingerprint density at radius 1 is 1.00 bits per heavy atom. The molecule has 0 amide bonds. The molecule has 0 saturated heterocycles. The minimum absolute atomic E-state index is 0.000330. The first kappa shape index (κ1) is 13.8. The highest BCUT2D eigenvalue weighted by Crippen LogP contribution is 2.25. The SMILES string of the molecule is N#CCN(CC(c1ccccc1)c1ccccc1)N=O. The van der Waals surface area contributed by atoms with Gasteiger partial charge in [-0.15, -0.1) is 4.91 Å². The van der Waals surface area contributed by atoms with Crippen molar-refractivity contribution < 1.29 is 0 Å². The summed E-state index contributed by atoms with van der Waals surface area (Å²) in [6, 6.07) is 21.8. The maximum Gasteiger partial charge on any atom is 0.126 e. The highest BCUT2D eigenvalue weighted by Gasteiger charge is 2.17. The zero-order chi connectivity index (χ0) is 14.2. The van der Waals surface area contributed by atoms with E-state index in [1.54, 1.807) is 0 Å². The molecule has 0 unspecified atom stereocenters. The Hall–Kier alpha value is -2.67. The van der Waals surface area contributed by atoms with E-state index < -0.39 is 0 Å². The lowest BCUT2D eigenvalue weighted by Gasteiger charge is -2.22. The van der Waals surface area contributed by atoms with Crippen LogP contribution in [0.3, 0.4) is 0 Å². The molecule has 0 aliphatic heterocycles. The zero-order valence-electron chi connectivity index (χ0n) is 11.0. The van der Waals surface area contributed by atoms with Gasteiger partial charge in [0.15, 0.2) is 0 Å². The van der Waals surface area contributed by atoms with Gasteiger partial charge in [0.25, 0.3) is 0 Å². The fourth-order valence-corrected chi connectivity index (χ4v) is 2.19. The van der Waals surface area contributed by atoms with Crippen molar-refractivity contribution in [3.05, 3.63) is 76.7 Å². The van der Waals surface area contributed by atoms with Gasteiger partial charge in [-0.1, -0.05) is 60.7 Å². The molecular formula is C16H15N3O. The fourth-order valence-electron chi connectivity index (χ4n) is 2.19. The molecule has 0 N–H and O–H groups in total. The third-order valence-corrected chi connectivity index (χ3v) is 3.17. The Labute approximate surface area is 118 Å². The van der Waals surface area contributed by atoms with Gasteiger partial charge in [-0.2, -0.15) is 5.26 Å². The molecule has 0 radical (unpaired) electrons. The Morgan fingerprint density at radius 2 is 1.50 bits per heavy atom. The Morgan fingerprint density at radius 3 is 1.90 bits per heavy atom. The predicted octanol–water partition coefficient (Wildman–Crippen LogP) is 3.33. The number of hydrogen-bond donors (Lipinski definition) is 0. The monoisotopic (exact) mass is 265 g/mol. The Bertz CT molecular complexity index is 538. The van der Waals surface area contributed by atoms with Crippen LogP contribution in [0.5, 0.6) is 0 Å². The number of rotatable bonds is 6. The van der Waals surface area contributed by atoms with Crippen molar-refractivity contribution in [2.24, 2.45) is 5.29 Å². The van der Waals surface area contributed by atoms with E-state index in [1.165, 1.54) is 5.01 Å². The summed E-state index contributed by atoms with van der Waals surface area (Å²) in [5, 5.41) is 12.9. The molecular weight excluding hydrogens is 250 g/mol. The zero-order valence-corrected chi connectivity index (χ0v) is 11.0. The minimum atomic E-state index is -0.000330. The van der Waals surface area contributed by atoms with Gasteiger partial charge in [-0.05, 0) is 11.1 Å². The van der Waals surface area contributed by atoms with E-state index in [0.29, 0.717) is 6.54 Å². The van der Waals surface area contributed by atoms with Crippen molar-refractivity contribution in [3.63, 3.8) is 0 Å². The van der Waals surface area contributed by atoms with Crippen molar-refractivity contribution >= 4 is 0 Å². The third-order valence-electron chi connectivity index (χ3n) is 3.17. The first-order chi connectivity index (χ1) is 9.85. The average Bonchev–Trinajstić information content (AvgIpc) is 2.53. The average molecular weight is 265 g/mol. The van der Waals surface area contributed by atoms with E-state index in [4.69, 9.17) is 5.26 Å². The standard InChI is InChI=1S/C16H15N3O/c17-11-12-19(18-20)13-16(14-7-3-1-4-8-14)15-9-5-2-6-10-15/h1-10,16H,12-13H2. The lowest BCUT2D eigenvalue weighted by Crippen LogP contribution is -2.24. The molecule has 2 rings (SSSR count). The second-order valence-electron chi connectivity index (χ2n) is 4.46. The summed E-state index contributed by atoms with van der Waals surface area (Å²) in [6.07, 6.45) is 0. The van der Waals surface area contributed by atoms with Gasteiger partial charge in [0.05, 0.1) is 17.9 Å². The lowest BCUT2D eigenvalue weighted by molar-refractivity contribution is 0.307. The van der Waals surface area contributed by atoms with Gasteiger partial charge >= 0.3 is 0 Å². The summed E-state index contributed by atoms with van der Waals surface area (Å²) in [4.78, 5) is 10.8. The van der Waals surface area contributed by atoms with E-state index >= 15 is 0 Å². The number of nitrogens with zero attached hydrogens (tertiary/aromatic N) is 3. The third kappa shape index (κ3) is 3.42. The number of benzene rings is 2. The summed E-state index contributed by atoms with van der Waals surface area (Å²) in [6.45, 7) is 0.394. The number of nitriles is 1. The summed E-state index contributed by atoms with van der Waals surface area (Å²) in [5.74, 6) is 0.0171. The van der Waals surface area contributed by atoms with Crippen LogP contribution in [0.2, 0.25) is 0 Å². The second kappa shape index (κ2) is 7.05. The fraction of sp³-hybridized carbons (Fsp3) is 0.188. The molecule has 0 aliphatic rings. The normalized spacial score (nSPS) is 10.0. The summed E-state index contributed by atoms with van der Waals surface area (Å²) < 4.78 is 0. The molecule has 4 nitrogen and oxygen atoms in total. The number of hydrogen-bond acceptors (Lipinski definition) is 3. The largest absolute Gasteiger partial charge is 0.246 e. The molecule has 0 heterocycles. The first-order valence-corrected chi connectivity index (χ1v) is 6.40. The molecule has 20 heavy (non-hydrogen) atoms. The van der Waals surface area contributed by atoms with Gasteiger partial charge in [-0.25, -0.2) is 5.01 Å². The van der Waals surface area contributed by atoms with E-state index in [0.717, 1.165) is 11.1 Å². The topological polar surface area (TPSA) is 56.5 Å². The van der Waals surface area contributed by atoms with Crippen LogP contribution in [0.25, 0.3) is 0 Å². The van der Waals surface area contributed by atoms with Gasteiger partial charge in [0.1, 0.15) is 6.54 Å². The molecule has 0 atom stereocenters. The smallest absolute Gasteiger partial charge is 0.126 e. The Kier molecular flexibility index (Phi) is 4.85. The highest BCUT2D eigenvalue weighted by atomic mass is 16.3. The van der Waals surface area contributed by atoms with Crippen LogP contribution in [0.1, 0.15) is 17.0 Å². The molecule has 0 saturated carbocycles. The van der Waals surface area contributed by atoms with Crippen molar-refractivity contribution in [1.29, 1.82) is 5.26 Å². The van der Waals surface area contributed by atoms with E-state index in [2.05, 4.69) is 5.29 Å². The molecule has 0 aliphatic carbocycles. The van der Waals surface area contributed by atoms with Gasteiger partial charge in [0, 0.05) is 5.92 Å². The summed E-state index contributed by atoms with van der Waals surface area (Å²) in [7, 11) is 0. The van der Waals surface area contributed by atoms with E-state index in [-0.39, 0.29) is 12.5 Å². The molecule has 2 aromatic carbocycles. The molecule has 0 aromatic heterocycles. The second-order valence-corrected chi connectivity index (χ2v) is 4.46. The van der Waals surface area contributed by atoms with Gasteiger partial charge < -0.3 is 0 Å². The van der Waals surface area contributed by atoms with Crippen molar-refractivity contribution in [1.82, 2.24) is 5.01 Å². The molecule has 0 fully saturated rings. The maximum absolute atomic E-state index is 10.8. The summed E-state index contributed by atoms with van der Waals surface area (Å²) in [5.41, 5.74) is 2.20. The van der Waals surface area contributed by atoms with Gasteiger partial charge in [-0.3, -0.25) is 0 Å². The van der Waals surface area contributed by atoms with Crippen LogP contribution in [0, 0.1) is 16.2 Å². The van der Waals surface area contributed by atoms with Crippen LogP contribution in [0.4, 0.5) is 0 Å². The van der Waals surface area contributed by atoms with Crippen LogP contribution in [-0.4, -0.2) is 18.1 Å². The predicted molar refractivity (Wildman–Crippen MR) is 77.7 cm³/mol. The van der Waals surface area contributed by atoms with Crippen LogP contribution < -0.4 is 0 Å². The molecule has 0 spiro atoms. The van der Waals surface area contributed by atoms with Crippen LogP contribution in [0.15, 0.2) is 65.9 Å². The summed E-state index contributed by atoms with van der Waals surface area (Å²) >= 11 is 0. The van der Waals surface area contributed by atoms with Crippen molar-refractivity contribution in [2.45, 2.75) is 5.92 Å². The van der Waals surface area contributed by atoms with Gasteiger partial charge in [0.2, 0.25) is 0 Å². The molecule has 100 valence electrons. The van der Waals surface area contributed by atoms with E-state index in [1.807, 2.05) is 66.7 Å². The molecule has 4 heteroatoms. The van der Waals surface area contributed by atoms with Crippen molar-refractivity contribution in [2.75, 3.05) is 13.1 Å². The quantitative estimate of drug-likeness (QED) is 0.457.